The summed E-state index contributed by atoms with van der Waals surface area (Å²) in [6.45, 7) is 0. The quantitative estimate of drug-likeness (QED) is 0.855. The highest BCUT2D eigenvalue weighted by atomic mass is 35.5. The highest BCUT2D eigenvalue weighted by Gasteiger charge is 2.10. The van der Waals surface area contributed by atoms with E-state index in [9.17, 15) is 9.65 Å². The van der Waals surface area contributed by atoms with Crippen molar-refractivity contribution in [2.45, 2.75) is 0 Å². The Labute approximate surface area is 114 Å². The Morgan fingerprint density at radius 1 is 1.21 bits per heavy atom. The lowest BCUT2D eigenvalue weighted by Crippen LogP contribution is -2.01. The standard InChI is InChI=1S/C14H9ClFN3/c15-12-7-10(1-2-13(12)16)14(18)11(8-17)9-3-5-19-6-4-9/h1-7H,18H2/b14-11-. The van der Waals surface area contributed by atoms with Crippen LogP contribution in [-0.4, -0.2) is 4.98 Å². The molecule has 5 heteroatoms. The normalized spacial score (nSPS) is 11.6. The van der Waals surface area contributed by atoms with Gasteiger partial charge in [0.2, 0.25) is 0 Å². The summed E-state index contributed by atoms with van der Waals surface area (Å²) >= 11 is 5.71. The molecule has 0 amide bonds. The molecule has 1 aromatic carbocycles. The second-order valence-electron chi connectivity index (χ2n) is 3.77. The van der Waals surface area contributed by atoms with E-state index in [1.807, 2.05) is 6.07 Å². The molecule has 0 saturated carbocycles. The smallest absolute Gasteiger partial charge is 0.141 e. The SMILES string of the molecule is N#C/C(=C(/N)c1ccc(F)c(Cl)c1)c1ccncc1. The van der Waals surface area contributed by atoms with Crippen molar-refractivity contribution in [3.63, 3.8) is 0 Å². The second kappa shape index (κ2) is 5.51. The molecule has 2 rings (SSSR count). The second-order valence-corrected chi connectivity index (χ2v) is 4.17. The van der Waals surface area contributed by atoms with Crippen molar-refractivity contribution in [2.75, 3.05) is 0 Å². The van der Waals surface area contributed by atoms with Gasteiger partial charge in [0.15, 0.2) is 0 Å². The highest BCUT2D eigenvalue weighted by molar-refractivity contribution is 6.31. The zero-order valence-corrected chi connectivity index (χ0v) is 10.5. The van der Waals surface area contributed by atoms with Crippen LogP contribution in [0.25, 0.3) is 11.3 Å². The average molecular weight is 274 g/mol. The third kappa shape index (κ3) is 2.72. The summed E-state index contributed by atoms with van der Waals surface area (Å²) in [6, 6.07) is 9.48. The Bertz CT molecular complexity index is 675. The Morgan fingerprint density at radius 3 is 2.47 bits per heavy atom. The molecule has 3 nitrogen and oxygen atoms in total. The van der Waals surface area contributed by atoms with Gasteiger partial charge in [0.05, 0.1) is 16.3 Å². The molecule has 0 radical (unpaired) electrons. The highest BCUT2D eigenvalue weighted by Crippen LogP contribution is 2.25. The number of nitrogens with zero attached hydrogens (tertiary/aromatic N) is 2. The van der Waals surface area contributed by atoms with Gasteiger partial charge in [-0.3, -0.25) is 4.98 Å². The molecule has 0 atom stereocenters. The van der Waals surface area contributed by atoms with Crippen molar-refractivity contribution in [3.05, 3.63) is 64.7 Å². The van der Waals surface area contributed by atoms with Gasteiger partial charge in [-0.2, -0.15) is 5.26 Å². The number of rotatable bonds is 2. The van der Waals surface area contributed by atoms with E-state index in [0.29, 0.717) is 16.7 Å². The van der Waals surface area contributed by atoms with Crippen LogP contribution in [0.3, 0.4) is 0 Å². The summed E-state index contributed by atoms with van der Waals surface area (Å²) in [5.74, 6) is -0.527. The van der Waals surface area contributed by atoms with Crippen LogP contribution in [0.1, 0.15) is 11.1 Å². The molecular weight excluding hydrogens is 265 g/mol. The van der Waals surface area contributed by atoms with E-state index >= 15 is 0 Å². The van der Waals surface area contributed by atoms with E-state index < -0.39 is 5.82 Å². The molecule has 0 aliphatic heterocycles. The van der Waals surface area contributed by atoms with Crippen LogP contribution in [-0.2, 0) is 0 Å². The lowest BCUT2D eigenvalue weighted by atomic mass is 10.0. The summed E-state index contributed by atoms with van der Waals surface area (Å²) in [7, 11) is 0. The van der Waals surface area contributed by atoms with Crippen molar-refractivity contribution in [2.24, 2.45) is 5.73 Å². The third-order valence-corrected chi connectivity index (χ3v) is 2.87. The topological polar surface area (TPSA) is 62.7 Å². The minimum Gasteiger partial charge on any atom is -0.397 e. The number of aromatic nitrogens is 1. The monoisotopic (exact) mass is 273 g/mol. The van der Waals surface area contributed by atoms with E-state index in [-0.39, 0.29) is 10.7 Å². The van der Waals surface area contributed by atoms with Gasteiger partial charge in [-0.15, -0.1) is 0 Å². The van der Waals surface area contributed by atoms with Crippen molar-refractivity contribution in [1.29, 1.82) is 5.26 Å². The number of halogens is 2. The van der Waals surface area contributed by atoms with Gasteiger partial charge in [0.1, 0.15) is 11.9 Å². The van der Waals surface area contributed by atoms with Crippen molar-refractivity contribution in [3.8, 4) is 6.07 Å². The molecule has 0 bridgehead atoms. The lowest BCUT2D eigenvalue weighted by Gasteiger charge is -2.07. The van der Waals surface area contributed by atoms with Crippen LogP contribution in [0.15, 0.2) is 42.7 Å². The lowest BCUT2D eigenvalue weighted by molar-refractivity contribution is 0.628. The number of benzene rings is 1. The van der Waals surface area contributed by atoms with Crippen LogP contribution < -0.4 is 5.73 Å². The van der Waals surface area contributed by atoms with Crippen LogP contribution >= 0.6 is 11.6 Å². The molecule has 0 aliphatic rings. The zero-order valence-electron chi connectivity index (χ0n) is 9.77. The van der Waals surface area contributed by atoms with Gasteiger partial charge in [-0.25, -0.2) is 4.39 Å². The largest absolute Gasteiger partial charge is 0.397 e. The van der Waals surface area contributed by atoms with Crippen LogP contribution in [0.2, 0.25) is 5.02 Å². The molecule has 0 unspecified atom stereocenters. The fourth-order valence-corrected chi connectivity index (χ4v) is 1.79. The first kappa shape index (κ1) is 13.1. The molecule has 1 aromatic heterocycles. The Balaban J connectivity index is 2.56. The summed E-state index contributed by atoms with van der Waals surface area (Å²) in [5, 5.41) is 9.18. The maximum atomic E-state index is 13.1. The van der Waals surface area contributed by atoms with Crippen LogP contribution in [0, 0.1) is 17.1 Å². The molecule has 19 heavy (non-hydrogen) atoms. The maximum Gasteiger partial charge on any atom is 0.141 e. The van der Waals surface area contributed by atoms with Gasteiger partial charge in [-0.1, -0.05) is 11.6 Å². The van der Waals surface area contributed by atoms with Crippen LogP contribution in [0.4, 0.5) is 4.39 Å². The molecule has 0 fully saturated rings. The van der Waals surface area contributed by atoms with Crippen molar-refractivity contribution in [1.82, 2.24) is 4.98 Å². The van der Waals surface area contributed by atoms with E-state index in [1.165, 1.54) is 18.2 Å². The Morgan fingerprint density at radius 2 is 1.89 bits per heavy atom. The fraction of sp³-hybridized carbons (Fsp3) is 0. The van der Waals surface area contributed by atoms with Crippen molar-refractivity contribution >= 4 is 22.9 Å². The minimum atomic E-state index is -0.527. The predicted octanol–water partition coefficient (Wildman–Crippen LogP) is 3.22. The predicted molar refractivity (Wildman–Crippen MR) is 72.3 cm³/mol. The molecular formula is C14H9ClFN3. The Hall–Kier alpha value is -2.38. The zero-order chi connectivity index (χ0) is 13.8. The molecule has 0 aliphatic carbocycles. The van der Waals surface area contributed by atoms with Crippen LogP contribution in [0.5, 0.6) is 0 Å². The molecule has 2 N–H and O–H groups in total. The first-order valence-corrected chi connectivity index (χ1v) is 5.77. The van der Waals surface area contributed by atoms with Crippen molar-refractivity contribution < 1.29 is 4.39 Å². The summed E-state index contributed by atoms with van der Waals surface area (Å²) < 4.78 is 13.1. The van der Waals surface area contributed by atoms with Gasteiger partial charge in [0.25, 0.3) is 0 Å². The summed E-state index contributed by atoms with van der Waals surface area (Å²) in [6.07, 6.45) is 3.13. The van der Waals surface area contributed by atoms with Gasteiger partial charge in [0, 0.05) is 18.0 Å². The number of hydrogen-bond donors (Lipinski definition) is 1. The average Bonchev–Trinajstić information content (AvgIpc) is 2.44. The van der Waals surface area contributed by atoms with Gasteiger partial charge in [-0.05, 0) is 35.9 Å². The van der Waals surface area contributed by atoms with Gasteiger partial charge < -0.3 is 5.73 Å². The molecule has 0 saturated heterocycles. The van der Waals surface area contributed by atoms with E-state index in [4.69, 9.17) is 17.3 Å². The maximum absolute atomic E-state index is 13.1. The molecule has 2 aromatic rings. The molecule has 1 heterocycles. The summed E-state index contributed by atoms with van der Waals surface area (Å²) in [5.41, 5.74) is 7.65. The third-order valence-electron chi connectivity index (χ3n) is 2.58. The first-order chi connectivity index (χ1) is 9.13. The first-order valence-electron chi connectivity index (χ1n) is 5.39. The van der Waals surface area contributed by atoms with E-state index in [2.05, 4.69) is 4.98 Å². The number of nitrogens with two attached hydrogens (primary N) is 1. The fourth-order valence-electron chi connectivity index (χ4n) is 1.61. The molecule has 94 valence electrons. The minimum absolute atomic E-state index is 0.0348. The molecule has 0 spiro atoms. The Kier molecular flexibility index (Phi) is 3.79. The number of nitriles is 1. The number of hydrogen-bond acceptors (Lipinski definition) is 3. The summed E-state index contributed by atoms with van der Waals surface area (Å²) in [4.78, 5) is 3.88. The van der Waals surface area contributed by atoms with Gasteiger partial charge >= 0.3 is 0 Å². The number of allylic oxidation sites excluding steroid dienone is 1. The van der Waals surface area contributed by atoms with E-state index in [1.54, 1.807) is 24.5 Å². The van der Waals surface area contributed by atoms with E-state index in [0.717, 1.165) is 0 Å². The number of pyridine rings is 1.